The molecule has 1 aliphatic rings. The number of nitrogens with one attached hydrogen (secondary N) is 1. The predicted molar refractivity (Wildman–Crippen MR) is 74.3 cm³/mol. The standard InChI is InChI=1S/C15H20N2O2/c1-11(18)13-4-3-5-14(10-13)15(12(2)19)17-8-6-16-7-9-17/h3-5,10,15-16H,6-9H2,1-2H3. The molecule has 1 aromatic rings. The van der Waals surface area contributed by atoms with Gasteiger partial charge in [0.2, 0.25) is 0 Å². The van der Waals surface area contributed by atoms with Gasteiger partial charge in [0.25, 0.3) is 0 Å². The molecule has 1 fully saturated rings. The van der Waals surface area contributed by atoms with Crippen molar-refractivity contribution in [2.45, 2.75) is 19.9 Å². The van der Waals surface area contributed by atoms with E-state index in [4.69, 9.17) is 0 Å². The quantitative estimate of drug-likeness (QED) is 0.832. The fraction of sp³-hybridized carbons (Fsp3) is 0.467. The van der Waals surface area contributed by atoms with Gasteiger partial charge in [0, 0.05) is 31.7 Å². The van der Waals surface area contributed by atoms with Crippen molar-refractivity contribution >= 4 is 11.6 Å². The Morgan fingerprint density at radius 1 is 1.21 bits per heavy atom. The van der Waals surface area contributed by atoms with Crippen molar-refractivity contribution in [2.75, 3.05) is 26.2 Å². The molecule has 0 saturated carbocycles. The van der Waals surface area contributed by atoms with Crippen LogP contribution in [0.5, 0.6) is 0 Å². The number of ketones is 2. The second kappa shape index (κ2) is 6.08. The zero-order chi connectivity index (χ0) is 13.8. The molecular formula is C15H20N2O2. The lowest BCUT2D eigenvalue weighted by molar-refractivity contribution is -0.122. The molecule has 1 saturated heterocycles. The third-order valence-corrected chi connectivity index (χ3v) is 3.51. The highest BCUT2D eigenvalue weighted by molar-refractivity contribution is 5.94. The molecule has 1 unspecified atom stereocenters. The molecule has 2 rings (SSSR count). The first kappa shape index (κ1) is 13.9. The van der Waals surface area contributed by atoms with Gasteiger partial charge in [-0.15, -0.1) is 0 Å². The van der Waals surface area contributed by atoms with E-state index >= 15 is 0 Å². The van der Waals surface area contributed by atoms with Gasteiger partial charge in [-0.3, -0.25) is 14.5 Å². The molecule has 0 spiro atoms. The van der Waals surface area contributed by atoms with Crippen LogP contribution in [0, 0.1) is 0 Å². The molecule has 0 bridgehead atoms. The highest BCUT2D eigenvalue weighted by Crippen LogP contribution is 2.23. The monoisotopic (exact) mass is 260 g/mol. The van der Waals surface area contributed by atoms with Crippen molar-refractivity contribution in [1.29, 1.82) is 0 Å². The molecule has 0 radical (unpaired) electrons. The van der Waals surface area contributed by atoms with E-state index in [1.54, 1.807) is 19.9 Å². The smallest absolute Gasteiger partial charge is 0.159 e. The Balaban J connectivity index is 2.30. The molecular weight excluding hydrogens is 240 g/mol. The molecule has 0 aromatic heterocycles. The lowest BCUT2D eigenvalue weighted by atomic mass is 9.98. The fourth-order valence-corrected chi connectivity index (χ4v) is 2.57. The summed E-state index contributed by atoms with van der Waals surface area (Å²) >= 11 is 0. The van der Waals surface area contributed by atoms with Gasteiger partial charge < -0.3 is 5.32 Å². The highest BCUT2D eigenvalue weighted by Gasteiger charge is 2.26. The van der Waals surface area contributed by atoms with Crippen LogP contribution >= 0.6 is 0 Å². The topological polar surface area (TPSA) is 49.4 Å². The van der Waals surface area contributed by atoms with Crippen molar-refractivity contribution in [2.24, 2.45) is 0 Å². The van der Waals surface area contributed by atoms with Gasteiger partial charge in [-0.25, -0.2) is 0 Å². The first-order valence-electron chi connectivity index (χ1n) is 6.65. The average molecular weight is 260 g/mol. The molecule has 4 nitrogen and oxygen atoms in total. The van der Waals surface area contributed by atoms with Crippen LogP contribution < -0.4 is 5.32 Å². The number of hydrogen-bond acceptors (Lipinski definition) is 4. The fourth-order valence-electron chi connectivity index (χ4n) is 2.57. The van der Waals surface area contributed by atoms with E-state index in [0.717, 1.165) is 31.7 Å². The summed E-state index contributed by atoms with van der Waals surface area (Å²) in [6, 6.07) is 7.18. The van der Waals surface area contributed by atoms with E-state index in [1.807, 2.05) is 18.2 Å². The van der Waals surface area contributed by atoms with E-state index < -0.39 is 0 Å². The zero-order valence-corrected chi connectivity index (χ0v) is 11.5. The van der Waals surface area contributed by atoms with Gasteiger partial charge in [0.15, 0.2) is 11.6 Å². The van der Waals surface area contributed by atoms with Gasteiger partial charge in [-0.2, -0.15) is 0 Å². The number of benzene rings is 1. The number of hydrogen-bond donors (Lipinski definition) is 1. The Labute approximate surface area is 113 Å². The zero-order valence-electron chi connectivity index (χ0n) is 11.5. The van der Waals surface area contributed by atoms with Crippen molar-refractivity contribution in [3.05, 3.63) is 35.4 Å². The van der Waals surface area contributed by atoms with Crippen LogP contribution in [0.2, 0.25) is 0 Å². The number of rotatable bonds is 4. The first-order chi connectivity index (χ1) is 9.09. The number of Topliss-reactive ketones (excluding diaryl/α,β-unsaturated/α-hetero) is 2. The minimum absolute atomic E-state index is 0.0319. The lowest BCUT2D eigenvalue weighted by Gasteiger charge is -2.33. The van der Waals surface area contributed by atoms with Crippen LogP contribution in [0.3, 0.4) is 0 Å². The van der Waals surface area contributed by atoms with Crippen LogP contribution in [-0.4, -0.2) is 42.6 Å². The number of piperazine rings is 1. The van der Waals surface area contributed by atoms with E-state index in [0.29, 0.717) is 5.56 Å². The number of carbonyl (C=O) groups excluding carboxylic acids is 2. The normalized spacial score (nSPS) is 18.0. The van der Waals surface area contributed by atoms with E-state index in [1.165, 1.54) is 0 Å². The van der Waals surface area contributed by atoms with E-state index in [-0.39, 0.29) is 17.6 Å². The van der Waals surface area contributed by atoms with Crippen molar-refractivity contribution in [3.8, 4) is 0 Å². The Hall–Kier alpha value is -1.52. The summed E-state index contributed by atoms with van der Waals surface area (Å²) in [5.74, 6) is 0.159. The molecule has 1 atom stereocenters. The lowest BCUT2D eigenvalue weighted by Crippen LogP contribution is -2.46. The summed E-state index contributed by atoms with van der Waals surface area (Å²) in [6.07, 6.45) is 0. The van der Waals surface area contributed by atoms with Crippen LogP contribution in [-0.2, 0) is 4.79 Å². The van der Waals surface area contributed by atoms with E-state index in [9.17, 15) is 9.59 Å². The van der Waals surface area contributed by atoms with Crippen LogP contribution in [0.1, 0.15) is 35.8 Å². The molecule has 1 heterocycles. The Bertz CT molecular complexity index is 479. The van der Waals surface area contributed by atoms with Gasteiger partial charge in [-0.1, -0.05) is 18.2 Å². The summed E-state index contributed by atoms with van der Waals surface area (Å²) in [4.78, 5) is 25.6. The molecule has 4 heteroatoms. The summed E-state index contributed by atoms with van der Waals surface area (Å²) in [5.41, 5.74) is 1.58. The molecule has 1 N–H and O–H groups in total. The maximum atomic E-state index is 12.0. The SMILES string of the molecule is CC(=O)c1cccc(C(C(C)=O)N2CCNCC2)c1. The van der Waals surface area contributed by atoms with Gasteiger partial charge in [-0.05, 0) is 25.5 Å². The molecule has 19 heavy (non-hydrogen) atoms. The summed E-state index contributed by atoms with van der Waals surface area (Å²) in [6.45, 7) is 6.68. The van der Waals surface area contributed by atoms with Gasteiger partial charge >= 0.3 is 0 Å². The van der Waals surface area contributed by atoms with Crippen molar-refractivity contribution in [3.63, 3.8) is 0 Å². The van der Waals surface area contributed by atoms with Crippen LogP contribution in [0.25, 0.3) is 0 Å². The predicted octanol–water partition coefficient (Wildman–Crippen LogP) is 1.42. The molecule has 1 aliphatic heterocycles. The third-order valence-electron chi connectivity index (χ3n) is 3.51. The molecule has 0 aliphatic carbocycles. The molecule has 0 amide bonds. The minimum Gasteiger partial charge on any atom is -0.314 e. The summed E-state index contributed by atoms with van der Waals surface area (Å²) < 4.78 is 0. The summed E-state index contributed by atoms with van der Waals surface area (Å²) in [7, 11) is 0. The average Bonchev–Trinajstić information content (AvgIpc) is 2.40. The Morgan fingerprint density at radius 2 is 1.89 bits per heavy atom. The van der Waals surface area contributed by atoms with Crippen LogP contribution in [0.15, 0.2) is 24.3 Å². The first-order valence-corrected chi connectivity index (χ1v) is 6.65. The van der Waals surface area contributed by atoms with Gasteiger partial charge in [0.05, 0.1) is 6.04 Å². The Morgan fingerprint density at radius 3 is 2.47 bits per heavy atom. The second-order valence-electron chi connectivity index (χ2n) is 4.98. The highest BCUT2D eigenvalue weighted by atomic mass is 16.1. The maximum Gasteiger partial charge on any atom is 0.159 e. The van der Waals surface area contributed by atoms with Crippen molar-refractivity contribution < 1.29 is 9.59 Å². The number of nitrogens with zero attached hydrogens (tertiary/aromatic N) is 1. The van der Waals surface area contributed by atoms with Crippen LogP contribution in [0.4, 0.5) is 0 Å². The van der Waals surface area contributed by atoms with Crippen molar-refractivity contribution in [1.82, 2.24) is 10.2 Å². The second-order valence-corrected chi connectivity index (χ2v) is 4.98. The minimum atomic E-state index is -0.235. The van der Waals surface area contributed by atoms with Gasteiger partial charge in [0.1, 0.15) is 0 Å². The Kier molecular flexibility index (Phi) is 4.45. The molecule has 102 valence electrons. The molecule has 1 aromatic carbocycles. The maximum absolute atomic E-state index is 12.0. The third kappa shape index (κ3) is 3.28. The summed E-state index contributed by atoms with van der Waals surface area (Å²) in [5, 5.41) is 3.28. The largest absolute Gasteiger partial charge is 0.314 e. The van der Waals surface area contributed by atoms with E-state index in [2.05, 4.69) is 10.2 Å². The number of carbonyl (C=O) groups is 2.